The lowest BCUT2D eigenvalue weighted by Crippen LogP contribution is -2.44. The summed E-state index contributed by atoms with van der Waals surface area (Å²) < 4.78 is 5.35. The summed E-state index contributed by atoms with van der Waals surface area (Å²) in [5, 5.41) is 13.0. The number of aliphatic hydroxyl groups is 1. The second kappa shape index (κ2) is 5.58. The van der Waals surface area contributed by atoms with Crippen LogP contribution < -0.4 is 5.32 Å². The van der Waals surface area contributed by atoms with Crippen molar-refractivity contribution in [2.24, 2.45) is 0 Å². The lowest BCUT2D eigenvalue weighted by Gasteiger charge is -2.25. The maximum absolute atomic E-state index is 9.82. The van der Waals surface area contributed by atoms with E-state index in [9.17, 15) is 5.11 Å². The van der Waals surface area contributed by atoms with Gasteiger partial charge in [-0.3, -0.25) is 0 Å². The molecule has 0 radical (unpaired) electrons. The van der Waals surface area contributed by atoms with Gasteiger partial charge in [0.25, 0.3) is 0 Å². The van der Waals surface area contributed by atoms with Crippen LogP contribution in [-0.2, 0) is 4.74 Å². The molecule has 0 aromatic rings. The van der Waals surface area contributed by atoms with Crippen LogP contribution in [0.15, 0.2) is 0 Å². The third-order valence-corrected chi connectivity index (χ3v) is 1.62. The minimum absolute atomic E-state index is 0.172. The van der Waals surface area contributed by atoms with Crippen molar-refractivity contribution in [2.45, 2.75) is 52.4 Å². The summed E-state index contributed by atoms with van der Waals surface area (Å²) in [6.07, 6.45) is 0.172. The first-order chi connectivity index (χ1) is 5.83. The van der Waals surface area contributed by atoms with Crippen molar-refractivity contribution in [1.29, 1.82) is 0 Å². The highest BCUT2D eigenvalue weighted by Crippen LogP contribution is 2.04. The Labute approximate surface area is 81.5 Å². The average Bonchev–Trinajstić information content (AvgIpc) is 1.98. The highest BCUT2D eigenvalue weighted by Gasteiger charge is 2.20. The Morgan fingerprint density at radius 2 is 1.85 bits per heavy atom. The van der Waals surface area contributed by atoms with E-state index in [0.29, 0.717) is 19.2 Å². The molecule has 80 valence electrons. The van der Waals surface area contributed by atoms with Gasteiger partial charge in [0.15, 0.2) is 0 Å². The molecular formula is C10H23NO2. The van der Waals surface area contributed by atoms with Crippen molar-refractivity contribution < 1.29 is 9.84 Å². The van der Waals surface area contributed by atoms with Crippen molar-refractivity contribution in [3.05, 3.63) is 0 Å². The summed E-state index contributed by atoms with van der Waals surface area (Å²) in [4.78, 5) is 0. The van der Waals surface area contributed by atoms with Crippen LogP contribution in [0.3, 0.4) is 0 Å². The Bertz CT molecular complexity index is 119. The molecule has 0 aromatic carbocycles. The fourth-order valence-corrected chi connectivity index (χ4v) is 0.821. The third-order valence-electron chi connectivity index (χ3n) is 1.62. The maximum atomic E-state index is 9.82. The van der Waals surface area contributed by atoms with E-state index in [1.54, 1.807) is 6.92 Å². The lowest BCUT2D eigenvalue weighted by atomic mass is 10.1. The van der Waals surface area contributed by atoms with Crippen molar-refractivity contribution in [3.8, 4) is 0 Å². The fourth-order valence-electron chi connectivity index (χ4n) is 0.821. The quantitative estimate of drug-likeness (QED) is 0.659. The van der Waals surface area contributed by atoms with Crippen LogP contribution in [0.5, 0.6) is 0 Å². The van der Waals surface area contributed by atoms with E-state index < -0.39 is 5.60 Å². The summed E-state index contributed by atoms with van der Waals surface area (Å²) in [5.41, 5.74) is -0.769. The van der Waals surface area contributed by atoms with E-state index in [0.717, 1.165) is 0 Å². The van der Waals surface area contributed by atoms with Gasteiger partial charge in [-0.15, -0.1) is 0 Å². The Kier molecular flexibility index (Phi) is 5.53. The minimum Gasteiger partial charge on any atom is -0.386 e. The number of hydrogen-bond donors (Lipinski definition) is 2. The van der Waals surface area contributed by atoms with Crippen molar-refractivity contribution in [3.63, 3.8) is 0 Å². The van der Waals surface area contributed by atoms with E-state index >= 15 is 0 Å². The van der Waals surface area contributed by atoms with Gasteiger partial charge in [0.2, 0.25) is 0 Å². The van der Waals surface area contributed by atoms with Gasteiger partial charge in [0.1, 0.15) is 0 Å². The van der Waals surface area contributed by atoms with E-state index in [4.69, 9.17) is 4.74 Å². The Morgan fingerprint density at radius 3 is 2.23 bits per heavy atom. The summed E-state index contributed by atoms with van der Waals surface area (Å²) in [6.45, 7) is 10.8. The number of rotatable bonds is 6. The van der Waals surface area contributed by atoms with Gasteiger partial charge in [-0.25, -0.2) is 0 Å². The molecule has 0 saturated heterocycles. The molecule has 0 rings (SSSR count). The molecule has 0 amide bonds. The van der Waals surface area contributed by atoms with Crippen LogP contribution in [0, 0.1) is 0 Å². The van der Waals surface area contributed by atoms with Crippen LogP contribution >= 0.6 is 0 Å². The zero-order valence-electron chi connectivity index (χ0n) is 9.42. The predicted molar refractivity (Wildman–Crippen MR) is 54.9 cm³/mol. The fraction of sp³-hybridized carbons (Fsp3) is 1.00. The molecule has 3 heteroatoms. The van der Waals surface area contributed by atoms with E-state index in [2.05, 4.69) is 19.2 Å². The molecule has 0 saturated carbocycles. The summed E-state index contributed by atoms with van der Waals surface area (Å²) in [5.74, 6) is 0. The molecule has 1 unspecified atom stereocenters. The summed E-state index contributed by atoms with van der Waals surface area (Å²) in [7, 11) is 0. The SMILES string of the molecule is CC(C)NCC(C)(O)COC(C)C. The zero-order valence-corrected chi connectivity index (χ0v) is 9.42. The van der Waals surface area contributed by atoms with Crippen LogP contribution in [0.25, 0.3) is 0 Å². The molecule has 1 atom stereocenters. The van der Waals surface area contributed by atoms with Gasteiger partial charge in [-0.2, -0.15) is 0 Å². The topological polar surface area (TPSA) is 41.5 Å². The number of nitrogens with one attached hydrogen (secondary N) is 1. The lowest BCUT2D eigenvalue weighted by molar-refractivity contribution is -0.0528. The molecule has 0 aliphatic rings. The van der Waals surface area contributed by atoms with Crippen LogP contribution in [0.4, 0.5) is 0 Å². The first-order valence-corrected chi connectivity index (χ1v) is 4.91. The number of ether oxygens (including phenoxy) is 1. The van der Waals surface area contributed by atoms with Crippen molar-refractivity contribution >= 4 is 0 Å². The third kappa shape index (κ3) is 8.22. The summed E-state index contributed by atoms with van der Waals surface area (Å²) in [6, 6.07) is 0.394. The van der Waals surface area contributed by atoms with Gasteiger partial charge in [-0.05, 0) is 20.8 Å². The standard InChI is InChI=1S/C10H23NO2/c1-8(2)11-6-10(5,12)7-13-9(3)4/h8-9,11-12H,6-7H2,1-5H3. The highest BCUT2D eigenvalue weighted by molar-refractivity contribution is 4.76. The molecule has 0 spiro atoms. The predicted octanol–water partition coefficient (Wildman–Crippen LogP) is 1.16. The maximum Gasteiger partial charge on any atom is 0.0975 e. The van der Waals surface area contributed by atoms with Gasteiger partial charge in [0.05, 0.1) is 18.3 Å². The molecule has 2 N–H and O–H groups in total. The Balaban J connectivity index is 3.66. The largest absolute Gasteiger partial charge is 0.386 e. The molecule has 13 heavy (non-hydrogen) atoms. The van der Waals surface area contributed by atoms with E-state index in [1.807, 2.05) is 13.8 Å². The molecule has 0 heterocycles. The smallest absolute Gasteiger partial charge is 0.0975 e. The molecule has 0 aliphatic carbocycles. The van der Waals surface area contributed by atoms with E-state index in [-0.39, 0.29) is 6.10 Å². The van der Waals surface area contributed by atoms with Gasteiger partial charge in [-0.1, -0.05) is 13.8 Å². The molecule has 0 bridgehead atoms. The van der Waals surface area contributed by atoms with Crippen LogP contribution in [-0.4, -0.2) is 36.0 Å². The average molecular weight is 189 g/mol. The van der Waals surface area contributed by atoms with Crippen LogP contribution in [0.1, 0.15) is 34.6 Å². The molecule has 3 nitrogen and oxygen atoms in total. The Hall–Kier alpha value is -0.120. The molecule has 0 aromatic heterocycles. The number of hydrogen-bond acceptors (Lipinski definition) is 3. The monoisotopic (exact) mass is 189 g/mol. The van der Waals surface area contributed by atoms with Crippen molar-refractivity contribution in [2.75, 3.05) is 13.2 Å². The van der Waals surface area contributed by atoms with Gasteiger partial charge >= 0.3 is 0 Å². The second-order valence-electron chi connectivity index (χ2n) is 4.39. The second-order valence-corrected chi connectivity index (χ2v) is 4.39. The Morgan fingerprint density at radius 1 is 1.31 bits per heavy atom. The van der Waals surface area contributed by atoms with Gasteiger partial charge in [0, 0.05) is 12.6 Å². The molecule has 0 fully saturated rings. The highest BCUT2D eigenvalue weighted by atomic mass is 16.5. The van der Waals surface area contributed by atoms with Gasteiger partial charge < -0.3 is 15.2 Å². The van der Waals surface area contributed by atoms with Crippen LogP contribution in [0.2, 0.25) is 0 Å². The first kappa shape index (κ1) is 12.9. The zero-order chi connectivity index (χ0) is 10.5. The minimum atomic E-state index is -0.769. The first-order valence-electron chi connectivity index (χ1n) is 4.91. The van der Waals surface area contributed by atoms with Crippen molar-refractivity contribution in [1.82, 2.24) is 5.32 Å². The molecule has 0 aliphatic heterocycles. The normalized spacial score (nSPS) is 16.6. The summed E-state index contributed by atoms with van der Waals surface area (Å²) >= 11 is 0. The molecular weight excluding hydrogens is 166 g/mol. The van der Waals surface area contributed by atoms with E-state index in [1.165, 1.54) is 0 Å².